The Morgan fingerprint density at radius 2 is 2.35 bits per heavy atom. The second-order valence-electron chi connectivity index (χ2n) is 5.55. The summed E-state index contributed by atoms with van der Waals surface area (Å²) in [4.78, 5) is 11.3. The lowest BCUT2D eigenvalue weighted by Gasteiger charge is -2.31. The Morgan fingerprint density at radius 3 is 3.12 bits per heavy atom. The Balaban J connectivity index is 1.77. The van der Waals surface area contributed by atoms with Gasteiger partial charge in [0.1, 0.15) is 0 Å². The van der Waals surface area contributed by atoms with Crippen molar-refractivity contribution >= 4 is 5.91 Å². The van der Waals surface area contributed by atoms with E-state index in [0.717, 1.165) is 38.8 Å². The Labute approximate surface area is 103 Å². The number of carbonyl (C=O) groups is 1. The number of ether oxygens (including phenoxy) is 2. The number of hydrogen-bond acceptors (Lipinski definition) is 3. The van der Waals surface area contributed by atoms with Crippen LogP contribution in [0.3, 0.4) is 0 Å². The molecule has 2 heterocycles. The van der Waals surface area contributed by atoms with Gasteiger partial charge in [0.05, 0.1) is 6.61 Å². The molecule has 2 rings (SSSR count). The van der Waals surface area contributed by atoms with Crippen LogP contribution < -0.4 is 5.32 Å². The third kappa shape index (κ3) is 3.96. The zero-order chi connectivity index (χ0) is 12.1. The van der Waals surface area contributed by atoms with E-state index in [1.54, 1.807) is 0 Å². The molecular formula is C13H23NO3. The summed E-state index contributed by atoms with van der Waals surface area (Å²) in [7, 11) is 0. The molecule has 0 aromatic heterocycles. The Kier molecular flexibility index (Phi) is 4.40. The van der Waals surface area contributed by atoms with E-state index in [1.165, 1.54) is 6.42 Å². The standard InChI is InChI=1S/C13H23NO3/c1-13(7-4-5-11(15)14-9-13)10-17-12-6-2-3-8-16-12/h12H,2-10H2,1H3,(H,14,15). The van der Waals surface area contributed by atoms with Crippen molar-refractivity contribution in [1.29, 1.82) is 0 Å². The van der Waals surface area contributed by atoms with Crippen molar-refractivity contribution in [2.24, 2.45) is 5.41 Å². The van der Waals surface area contributed by atoms with Gasteiger partial charge in [-0.15, -0.1) is 0 Å². The summed E-state index contributed by atoms with van der Waals surface area (Å²) in [6.07, 6.45) is 5.96. The van der Waals surface area contributed by atoms with E-state index < -0.39 is 0 Å². The van der Waals surface area contributed by atoms with E-state index in [-0.39, 0.29) is 17.6 Å². The molecule has 0 saturated carbocycles. The highest BCUT2D eigenvalue weighted by molar-refractivity contribution is 5.76. The second kappa shape index (κ2) is 5.83. The van der Waals surface area contributed by atoms with Gasteiger partial charge in [0.25, 0.3) is 0 Å². The van der Waals surface area contributed by atoms with Gasteiger partial charge in [-0.05, 0) is 32.1 Å². The topological polar surface area (TPSA) is 47.6 Å². The fourth-order valence-electron chi connectivity index (χ4n) is 2.42. The van der Waals surface area contributed by atoms with E-state index >= 15 is 0 Å². The molecule has 2 atom stereocenters. The largest absolute Gasteiger partial charge is 0.355 e. The SMILES string of the molecule is CC1(COC2CCCCO2)CCCC(=O)NC1. The lowest BCUT2D eigenvalue weighted by molar-refractivity contribution is -0.177. The summed E-state index contributed by atoms with van der Waals surface area (Å²) < 4.78 is 11.4. The minimum atomic E-state index is -0.0282. The average molecular weight is 241 g/mol. The lowest BCUT2D eigenvalue weighted by Crippen LogP contribution is -2.37. The summed E-state index contributed by atoms with van der Waals surface area (Å²) in [5, 5.41) is 2.96. The molecule has 0 bridgehead atoms. The smallest absolute Gasteiger partial charge is 0.220 e. The van der Waals surface area contributed by atoms with Crippen molar-refractivity contribution in [1.82, 2.24) is 5.32 Å². The second-order valence-corrected chi connectivity index (χ2v) is 5.55. The van der Waals surface area contributed by atoms with Gasteiger partial charge in [-0.3, -0.25) is 4.79 Å². The maximum absolute atomic E-state index is 11.3. The highest BCUT2D eigenvalue weighted by Crippen LogP contribution is 2.27. The maximum Gasteiger partial charge on any atom is 0.220 e. The highest BCUT2D eigenvalue weighted by atomic mass is 16.7. The summed E-state index contributed by atoms with van der Waals surface area (Å²) in [6, 6.07) is 0. The van der Waals surface area contributed by atoms with Gasteiger partial charge >= 0.3 is 0 Å². The molecule has 1 amide bonds. The third-order valence-electron chi connectivity index (χ3n) is 3.65. The number of amides is 1. The van der Waals surface area contributed by atoms with Gasteiger partial charge in [-0.1, -0.05) is 6.92 Å². The molecule has 2 aliphatic heterocycles. The van der Waals surface area contributed by atoms with Crippen LogP contribution in [0.2, 0.25) is 0 Å². The van der Waals surface area contributed by atoms with Crippen LogP contribution in [0.5, 0.6) is 0 Å². The zero-order valence-corrected chi connectivity index (χ0v) is 10.7. The molecule has 2 fully saturated rings. The monoisotopic (exact) mass is 241 g/mol. The van der Waals surface area contributed by atoms with Gasteiger partial charge in [-0.25, -0.2) is 0 Å². The summed E-state index contributed by atoms with van der Waals surface area (Å²) in [6.45, 7) is 4.40. The molecule has 0 spiro atoms. The number of rotatable bonds is 3. The van der Waals surface area contributed by atoms with Gasteiger partial charge in [0.15, 0.2) is 6.29 Å². The summed E-state index contributed by atoms with van der Waals surface area (Å²) in [5.74, 6) is 0.169. The third-order valence-corrected chi connectivity index (χ3v) is 3.65. The van der Waals surface area contributed by atoms with Crippen LogP contribution in [0.4, 0.5) is 0 Å². The molecule has 0 radical (unpaired) electrons. The molecule has 98 valence electrons. The van der Waals surface area contributed by atoms with E-state index in [4.69, 9.17) is 9.47 Å². The van der Waals surface area contributed by atoms with Crippen molar-refractivity contribution < 1.29 is 14.3 Å². The van der Waals surface area contributed by atoms with Crippen LogP contribution in [0.15, 0.2) is 0 Å². The minimum absolute atomic E-state index is 0.0282. The molecule has 0 aromatic rings. The van der Waals surface area contributed by atoms with Crippen molar-refractivity contribution in [3.05, 3.63) is 0 Å². The van der Waals surface area contributed by atoms with Gasteiger partial charge in [-0.2, -0.15) is 0 Å². The first-order valence-electron chi connectivity index (χ1n) is 6.68. The molecule has 17 heavy (non-hydrogen) atoms. The van der Waals surface area contributed by atoms with E-state index in [0.29, 0.717) is 13.0 Å². The number of hydrogen-bond donors (Lipinski definition) is 1. The van der Waals surface area contributed by atoms with E-state index in [1.807, 2.05) is 0 Å². The van der Waals surface area contributed by atoms with E-state index in [9.17, 15) is 4.79 Å². The lowest BCUT2D eigenvalue weighted by atomic mass is 9.87. The van der Waals surface area contributed by atoms with Crippen molar-refractivity contribution in [2.75, 3.05) is 19.8 Å². The Hall–Kier alpha value is -0.610. The van der Waals surface area contributed by atoms with Crippen LogP contribution in [-0.4, -0.2) is 32.0 Å². The van der Waals surface area contributed by atoms with Gasteiger partial charge in [0.2, 0.25) is 5.91 Å². The molecule has 2 saturated heterocycles. The van der Waals surface area contributed by atoms with Crippen LogP contribution in [0.25, 0.3) is 0 Å². The predicted octanol–water partition coefficient (Wildman–Crippen LogP) is 1.84. The van der Waals surface area contributed by atoms with Crippen LogP contribution in [0, 0.1) is 5.41 Å². The van der Waals surface area contributed by atoms with Crippen LogP contribution >= 0.6 is 0 Å². The van der Waals surface area contributed by atoms with E-state index in [2.05, 4.69) is 12.2 Å². The molecular weight excluding hydrogens is 218 g/mol. The molecule has 2 unspecified atom stereocenters. The summed E-state index contributed by atoms with van der Waals surface area (Å²) >= 11 is 0. The predicted molar refractivity (Wildman–Crippen MR) is 64.5 cm³/mol. The van der Waals surface area contributed by atoms with Crippen molar-refractivity contribution in [2.45, 2.75) is 51.7 Å². The number of nitrogens with one attached hydrogen (secondary N) is 1. The molecule has 4 nitrogen and oxygen atoms in total. The first-order chi connectivity index (χ1) is 8.18. The van der Waals surface area contributed by atoms with Gasteiger partial charge < -0.3 is 14.8 Å². The quantitative estimate of drug-likeness (QED) is 0.820. The van der Waals surface area contributed by atoms with Crippen LogP contribution in [-0.2, 0) is 14.3 Å². The first kappa shape index (κ1) is 12.8. The first-order valence-corrected chi connectivity index (χ1v) is 6.68. The molecule has 2 aliphatic rings. The van der Waals surface area contributed by atoms with Crippen LogP contribution in [0.1, 0.15) is 45.4 Å². The average Bonchev–Trinajstić information content (AvgIpc) is 2.51. The fraction of sp³-hybridized carbons (Fsp3) is 0.923. The van der Waals surface area contributed by atoms with Crippen molar-refractivity contribution in [3.63, 3.8) is 0 Å². The molecule has 1 N–H and O–H groups in total. The Bertz CT molecular complexity index is 263. The molecule has 0 aliphatic carbocycles. The highest BCUT2D eigenvalue weighted by Gasteiger charge is 2.29. The van der Waals surface area contributed by atoms with Gasteiger partial charge in [0, 0.05) is 25.0 Å². The summed E-state index contributed by atoms with van der Waals surface area (Å²) in [5.41, 5.74) is 0.0625. The maximum atomic E-state index is 11.3. The zero-order valence-electron chi connectivity index (χ0n) is 10.7. The van der Waals surface area contributed by atoms with Crippen molar-refractivity contribution in [3.8, 4) is 0 Å². The minimum Gasteiger partial charge on any atom is -0.355 e. The fourth-order valence-corrected chi connectivity index (χ4v) is 2.42. The molecule has 4 heteroatoms. The normalized spacial score (nSPS) is 35.1. The number of carbonyl (C=O) groups excluding carboxylic acids is 1. The Morgan fingerprint density at radius 1 is 1.47 bits per heavy atom. The molecule has 0 aromatic carbocycles.